The minimum atomic E-state index is 0. The lowest BCUT2D eigenvalue weighted by atomic mass is 9.88. The highest BCUT2D eigenvalue weighted by atomic mass is 127. The second-order valence-electron chi connectivity index (χ2n) is 7.68. The Morgan fingerprint density at radius 1 is 1.15 bits per heavy atom. The summed E-state index contributed by atoms with van der Waals surface area (Å²) in [5, 5.41) is 6.92. The van der Waals surface area contributed by atoms with Crippen molar-refractivity contribution in [2.75, 3.05) is 46.3 Å². The van der Waals surface area contributed by atoms with Crippen molar-refractivity contribution in [1.82, 2.24) is 20.4 Å². The van der Waals surface area contributed by atoms with E-state index in [1.807, 2.05) is 7.05 Å². The molecule has 1 amide bonds. The predicted molar refractivity (Wildman–Crippen MR) is 124 cm³/mol. The molecule has 1 aliphatic carbocycles. The molecule has 0 radical (unpaired) electrons. The molecule has 1 heterocycles. The average molecular weight is 493 g/mol. The Morgan fingerprint density at radius 2 is 1.89 bits per heavy atom. The third-order valence-corrected chi connectivity index (χ3v) is 5.73. The van der Waals surface area contributed by atoms with Crippen LogP contribution in [0.15, 0.2) is 4.99 Å². The standard InChI is InChI=1S/C20H39N5O.HI/c1-4-13-24(5-2)15-12-22-20(21-3)23-18-11-14-25(16-18)19(26)17-9-7-6-8-10-17;/h17-18H,4-16H2,1-3H3,(H2,21,22,23);1H. The molecule has 0 aromatic rings. The average Bonchev–Trinajstić information content (AvgIpc) is 3.15. The van der Waals surface area contributed by atoms with Crippen molar-refractivity contribution in [3.63, 3.8) is 0 Å². The number of aliphatic imine (C=N–C) groups is 1. The zero-order valence-electron chi connectivity index (χ0n) is 17.5. The number of halogens is 1. The Labute approximate surface area is 182 Å². The maximum atomic E-state index is 12.7. The van der Waals surface area contributed by atoms with Crippen molar-refractivity contribution in [3.05, 3.63) is 0 Å². The summed E-state index contributed by atoms with van der Waals surface area (Å²) in [4.78, 5) is 21.6. The molecule has 6 nitrogen and oxygen atoms in total. The van der Waals surface area contributed by atoms with E-state index in [2.05, 4.69) is 39.3 Å². The van der Waals surface area contributed by atoms with E-state index in [4.69, 9.17) is 0 Å². The van der Waals surface area contributed by atoms with Crippen LogP contribution >= 0.6 is 24.0 Å². The summed E-state index contributed by atoms with van der Waals surface area (Å²) in [5.74, 6) is 1.52. The van der Waals surface area contributed by atoms with Gasteiger partial charge in [-0.3, -0.25) is 9.79 Å². The van der Waals surface area contributed by atoms with Gasteiger partial charge < -0.3 is 20.4 Å². The van der Waals surface area contributed by atoms with E-state index in [1.54, 1.807) is 0 Å². The summed E-state index contributed by atoms with van der Waals surface area (Å²) in [7, 11) is 1.82. The van der Waals surface area contributed by atoms with E-state index in [1.165, 1.54) is 25.7 Å². The van der Waals surface area contributed by atoms with Gasteiger partial charge in [-0.05, 0) is 38.8 Å². The number of carbonyl (C=O) groups is 1. The van der Waals surface area contributed by atoms with Gasteiger partial charge in [0.15, 0.2) is 5.96 Å². The predicted octanol–water partition coefficient (Wildman–Crippen LogP) is 2.68. The highest BCUT2D eigenvalue weighted by Crippen LogP contribution is 2.26. The highest BCUT2D eigenvalue weighted by molar-refractivity contribution is 14.0. The molecule has 0 bridgehead atoms. The fourth-order valence-corrected chi connectivity index (χ4v) is 4.15. The van der Waals surface area contributed by atoms with Crippen LogP contribution in [0.25, 0.3) is 0 Å². The molecule has 1 aliphatic heterocycles. The van der Waals surface area contributed by atoms with Gasteiger partial charge in [0.25, 0.3) is 0 Å². The fraction of sp³-hybridized carbons (Fsp3) is 0.900. The quantitative estimate of drug-likeness (QED) is 0.310. The van der Waals surface area contributed by atoms with Crippen molar-refractivity contribution >= 4 is 35.8 Å². The molecule has 1 saturated carbocycles. The first-order valence-electron chi connectivity index (χ1n) is 10.7. The number of nitrogens with one attached hydrogen (secondary N) is 2. The van der Waals surface area contributed by atoms with E-state index < -0.39 is 0 Å². The van der Waals surface area contributed by atoms with Crippen LogP contribution in [-0.4, -0.2) is 74.0 Å². The Morgan fingerprint density at radius 3 is 2.52 bits per heavy atom. The number of rotatable bonds is 8. The number of guanidine groups is 1. The van der Waals surface area contributed by atoms with Crippen molar-refractivity contribution in [3.8, 4) is 0 Å². The van der Waals surface area contributed by atoms with Crippen LogP contribution < -0.4 is 10.6 Å². The minimum absolute atomic E-state index is 0. The third-order valence-electron chi connectivity index (χ3n) is 5.73. The molecule has 1 saturated heterocycles. The number of likely N-dealkylation sites (tertiary alicyclic amines) is 1. The van der Waals surface area contributed by atoms with Gasteiger partial charge in [0.2, 0.25) is 5.91 Å². The van der Waals surface area contributed by atoms with Gasteiger partial charge in [-0.1, -0.05) is 33.1 Å². The zero-order chi connectivity index (χ0) is 18.8. The van der Waals surface area contributed by atoms with Gasteiger partial charge in [0.05, 0.1) is 0 Å². The number of nitrogens with zero attached hydrogens (tertiary/aromatic N) is 3. The van der Waals surface area contributed by atoms with Gasteiger partial charge in [-0.2, -0.15) is 0 Å². The molecule has 7 heteroatoms. The van der Waals surface area contributed by atoms with Crippen LogP contribution in [-0.2, 0) is 4.79 Å². The minimum Gasteiger partial charge on any atom is -0.355 e. The summed E-state index contributed by atoms with van der Waals surface area (Å²) in [6.45, 7) is 10.3. The molecule has 158 valence electrons. The Hall–Kier alpha value is -0.570. The van der Waals surface area contributed by atoms with Crippen molar-refractivity contribution in [1.29, 1.82) is 0 Å². The summed E-state index contributed by atoms with van der Waals surface area (Å²) in [6.07, 6.45) is 8.10. The number of hydrogen-bond donors (Lipinski definition) is 2. The molecule has 2 aliphatic rings. The molecule has 27 heavy (non-hydrogen) atoms. The van der Waals surface area contributed by atoms with E-state index in [0.717, 1.165) is 64.5 Å². The van der Waals surface area contributed by atoms with Crippen LogP contribution in [0.1, 0.15) is 58.8 Å². The van der Waals surface area contributed by atoms with E-state index in [9.17, 15) is 4.79 Å². The van der Waals surface area contributed by atoms with Crippen molar-refractivity contribution in [2.24, 2.45) is 10.9 Å². The van der Waals surface area contributed by atoms with Crippen LogP contribution in [0.2, 0.25) is 0 Å². The first kappa shape index (κ1) is 24.5. The smallest absolute Gasteiger partial charge is 0.225 e. The largest absolute Gasteiger partial charge is 0.355 e. The molecular formula is C20H40IN5O. The number of carbonyl (C=O) groups excluding carboxylic acids is 1. The summed E-state index contributed by atoms with van der Waals surface area (Å²) in [5.41, 5.74) is 0. The second kappa shape index (κ2) is 13.6. The lowest BCUT2D eigenvalue weighted by molar-refractivity contribution is -0.135. The van der Waals surface area contributed by atoms with Crippen LogP contribution in [0.4, 0.5) is 0 Å². The van der Waals surface area contributed by atoms with Gasteiger partial charge in [0.1, 0.15) is 0 Å². The van der Waals surface area contributed by atoms with E-state index >= 15 is 0 Å². The van der Waals surface area contributed by atoms with Crippen LogP contribution in [0.3, 0.4) is 0 Å². The molecule has 2 rings (SSSR count). The molecule has 1 atom stereocenters. The third kappa shape index (κ3) is 8.13. The van der Waals surface area contributed by atoms with Gasteiger partial charge in [-0.15, -0.1) is 24.0 Å². The summed E-state index contributed by atoms with van der Waals surface area (Å²) >= 11 is 0. The Kier molecular flexibility index (Phi) is 12.3. The molecule has 2 N–H and O–H groups in total. The van der Waals surface area contributed by atoms with Crippen LogP contribution in [0, 0.1) is 5.92 Å². The molecule has 0 aromatic heterocycles. The molecular weight excluding hydrogens is 453 g/mol. The Bertz CT molecular complexity index is 454. The highest BCUT2D eigenvalue weighted by Gasteiger charge is 2.31. The zero-order valence-corrected chi connectivity index (χ0v) is 19.8. The maximum Gasteiger partial charge on any atom is 0.225 e. The lowest BCUT2D eigenvalue weighted by Gasteiger charge is -2.26. The summed E-state index contributed by atoms with van der Waals surface area (Å²) in [6, 6.07) is 0.312. The second-order valence-corrected chi connectivity index (χ2v) is 7.68. The number of hydrogen-bond acceptors (Lipinski definition) is 3. The molecule has 2 fully saturated rings. The topological polar surface area (TPSA) is 60.0 Å². The van der Waals surface area contributed by atoms with Gasteiger partial charge >= 0.3 is 0 Å². The summed E-state index contributed by atoms with van der Waals surface area (Å²) < 4.78 is 0. The van der Waals surface area contributed by atoms with Gasteiger partial charge in [-0.25, -0.2) is 0 Å². The van der Waals surface area contributed by atoms with E-state index in [-0.39, 0.29) is 29.9 Å². The van der Waals surface area contributed by atoms with Gasteiger partial charge in [0, 0.05) is 45.2 Å². The van der Waals surface area contributed by atoms with Crippen molar-refractivity contribution < 1.29 is 4.79 Å². The normalized spacial score (nSPS) is 21.3. The van der Waals surface area contributed by atoms with Crippen LogP contribution in [0.5, 0.6) is 0 Å². The molecule has 1 unspecified atom stereocenters. The fourth-order valence-electron chi connectivity index (χ4n) is 4.15. The number of likely N-dealkylation sites (N-methyl/N-ethyl adjacent to an activating group) is 1. The van der Waals surface area contributed by atoms with E-state index in [0.29, 0.717) is 11.9 Å². The maximum absolute atomic E-state index is 12.7. The lowest BCUT2D eigenvalue weighted by Crippen LogP contribution is -2.47. The first-order valence-corrected chi connectivity index (χ1v) is 10.7. The molecule has 0 aromatic carbocycles. The first-order chi connectivity index (χ1) is 12.7. The molecule has 0 spiro atoms. The monoisotopic (exact) mass is 493 g/mol. The Balaban J connectivity index is 0.00000364. The van der Waals surface area contributed by atoms with Crippen molar-refractivity contribution in [2.45, 2.75) is 64.8 Å². The SMILES string of the molecule is CCCN(CC)CCNC(=NC)NC1CCN(C(=O)C2CCCCC2)C1.I. The number of amides is 1.